The number of ether oxygens (including phenoxy) is 4. The third-order valence-corrected chi connectivity index (χ3v) is 8.67. The van der Waals surface area contributed by atoms with Gasteiger partial charge in [0.2, 0.25) is 11.8 Å². The van der Waals surface area contributed by atoms with Gasteiger partial charge in [0.25, 0.3) is 0 Å². The second-order valence-corrected chi connectivity index (χ2v) is 11.5. The van der Waals surface area contributed by atoms with Crippen LogP contribution in [0.25, 0.3) is 0 Å². The van der Waals surface area contributed by atoms with Gasteiger partial charge in [-0.1, -0.05) is 6.92 Å². The molecule has 1 fully saturated rings. The summed E-state index contributed by atoms with van der Waals surface area (Å²) < 4.78 is 39.8. The van der Waals surface area contributed by atoms with Crippen LogP contribution in [-0.4, -0.2) is 102 Å². The van der Waals surface area contributed by atoms with Crippen LogP contribution in [0.3, 0.4) is 0 Å². The van der Waals surface area contributed by atoms with Crippen LogP contribution in [0, 0.1) is 11.8 Å². The predicted octanol–water partition coefficient (Wildman–Crippen LogP) is -0.0681. The number of nitrogens with zero attached hydrogens (tertiary/aromatic N) is 3. The number of nitrogens with one attached hydrogen (secondary N) is 2. The zero-order chi connectivity index (χ0) is 31.8. The Morgan fingerprint density at radius 1 is 1.12 bits per heavy atom. The second-order valence-electron chi connectivity index (χ2n) is 9.58. The molecule has 0 spiro atoms. The maximum atomic E-state index is 13.7. The average Bonchev–Trinajstić information content (AvgIpc) is 3.47. The van der Waals surface area contributed by atoms with Crippen molar-refractivity contribution in [1.82, 2.24) is 20.1 Å². The molecule has 0 aromatic carbocycles. The minimum absolute atomic E-state index is 0.0293. The minimum Gasteiger partial charge on any atom is -0.479 e. The Bertz CT molecular complexity index is 1140. The van der Waals surface area contributed by atoms with Gasteiger partial charge in [-0.3, -0.25) is 19.1 Å². The summed E-state index contributed by atoms with van der Waals surface area (Å²) in [4.78, 5) is 36.4. The molecule has 1 aliphatic carbocycles. The van der Waals surface area contributed by atoms with Crippen LogP contribution in [0.15, 0.2) is 4.99 Å². The van der Waals surface area contributed by atoms with Crippen molar-refractivity contribution in [3.05, 3.63) is 0 Å². The number of carbonyl (C=O) groups is 2. The van der Waals surface area contributed by atoms with Crippen molar-refractivity contribution in [2.75, 3.05) is 45.5 Å². The van der Waals surface area contributed by atoms with Gasteiger partial charge in [-0.15, -0.1) is 0 Å². The molecule has 42 heavy (non-hydrogen) atoms. The van der Waals surface area contributed by atoms with Crippen LogP contribution in [0.5, 0.6) is 5.88 Å². The van der Waals surface area contributed by atoms with E-state index in [1.54, 1.807) is 20.8 Å². The highest BCUT2D eigenvalue weighted by atomic mass is 31.2. The molecule has 0 bridgehead atoms. The summed E-state index contributed by atoms with van der Waals surface area (Å²) in [5, 5.41) is 27.5. The van der Waals surface area contributed by atoms with Crippen LogP contribution >= 0.6 is 7.67 Å². The topological polar surface area (TPSA) is 252 Å². The molecule has 0 amide bonds. The van der Waals surface area contributed by atoms with E-state index < -0.39 is 67.9 Å². The summed E-state index contributed by atoms with van der Waals surface area (Å²) in [6.45, 7) is 7.37. The Morgan fingerprint density at radius 2 is 1.67 bits per heavy atom. The van der Waals surface area contributed by atoms with Gasteiger partial charge in [0.1, 0.15) is 29.9 Å². The van der Waals surface area contributed by atoms with E-state index >= 15 is 0 Å². The zero-order valence-corrected chi connectivity index (χ0v) is 25.7. The summed E-state index contributed by atoms with van der Waals surface area (Å²) in [7, 11) is -1.56. The van der Waals surface area contributed by atoms with E-state index in [-0.39, 0.29) is 36.5 Å². The number of methoxy groups -OCH3 is 2. The van der Waals surface area contributed by atoms with Crippen molar-refractivity contribution in [1.29, 1.82) is 0 Å². The molecular formula is C24H42N7O10P. The molecular weight excluding hydrogens is 577 g/mol. The molecule has 7 unspecified atom stereocenters. The molecule has 1 saturated carbocycles. The first-order valence-corrected chi connectivity index (χ1v) is 14.9. The lowest BCUT2D eigenvalue weighted by Gasteiger charge is -2.30. The third kappa shape index (κ3) is 8.34. The van der Waals surface area contributed by atoms with Gasteiger partial charge in [0.15, 0.2) is 11.5 Å². The van der Waals surface area contributed by atoms with Gasteiger partial charge in [0.05, 0.1) is 26.9 Å². The molecule has 0 radical (unpaired) electrons. The predicted molar refractivity (Wildman–Crippen MR) is 152 cm³/mol. The van der Waals surface area contributed by atoms with E-state index in [0.29, 0.717) is 0 Å². The first-order chi connectivity index (χ1) is 19.7. The number of aliphatic hydroxyl groups is 2. The molecule has 238 valence electrons. The third-order valence-electron chi connectivity index (χ3n) is 6.70. The maximum Gasteiger partial charge on any atom is 0.342 e. The van der Waals surface area contributed by atoms with Crippen molar-refractivity contribution in [2.45, 2.75) is 64.5 Å². The molecule has 8 N–H and O–H groups in total. The van der Waals surface area contributed by atoms with Crippen LogP contribution in [0.4, 0.5) is 17.5 Å². The Labute approximate surface area is 244 Å². The molecule has 1 aromatic heterocycles. The number of aliphatic imine (C=N–C) groups is 1. The average molecular weight is 620 g/mol. The van der Waals surface area contributed by atoms with Gasteiger partial charge >= 0.3 is 19.6 Å². The first kappa shape index (κ1) is 35.3. The summed E-state index contributed by atoms with van der Waals surface area (Å²) >= 11 is 0. The normalized spacial score (nSPS) is 24.3. The molecule has 0 saturated heterocycles. The monoisotopic (exact) mass is 619 g/mol. The van der Waals surface area contributed by atoms with Crippen molar-refractivity contribution < 1.29 is 47.8 Å². The lowest BCUT2D eigenvalue weighted by molar-refractivity contribution is -0.145. The van der Waals surface area contributed by atoms with Gasteiger partial charge in [0, 0.05) is 19.2 Å². The summed E-state index contributed by atoms with van der Waals surface area (Å²) in [6, 6.07) is -2.20. The molecule has 1 heterocycles. The highest BCUT2D eigenvalue weighted by Gasteiger charge is 2.66. The quantitative estimate of drug-likeness (QED) is 0.0758. The van der Waals surface area contributed by atoms with Crippen LogP contribution in [0.2, 0.25) is 0 Å². The Balaban J connectivity index is 2.21. The lowest BCUT2D eigenvalue weighted by Crippen LogP contribution is -2.46. The van der Waals surface area contributed by atoms with Gasteiger partial charge in [-0.2, -0.15) is 9.97 Å². The van der Waals surface area contributed by atoms with Gasteiger partial charge < -0.3 is 45.2 Å². The SMILES string of the molecule is CCOC(=O)C(C)NP(=O)(N[C@@H](C)C(=O)OCC)OCC(OC)C(O)C1(O)C(C)C1/C=N\c1c(N)nc(N)nc1OC. The van der Waals surface area contributed by atoms with E-state index in [4.69, 9.17) is 34.9 Å². The largest absolute Gasteiger partial charge is 0.479 e. The Kier molecular flexibility index (Phi) is 12.6. The van der Waals surface area contributed by atoms with Crippen molar-refractivity contribution in [3.63, 3.8) is 0 Å². The number of aliphatic hydroxyl groups excluding tert-OH is 1. The molecule has 8 atom stereocenters. The number of nitrogens with two attached hydrogens (primary N) is 2. The fourth-order valence-electron chi connectivity index (χ4n) is 4.23. The van der Waals surface area contributed by atoms with Crippen molar-refractivity contribution >= 4 is 43.3 Å². The number of anilines is 2. The smallest absolute Gasteiger partial charge is 0.342 e. The summed E-state index contributed by atoms with van der Waals surface area (Å²) in [5.74, 6) is -2.69. The van der Waals surface area contributed by atoms with E-state index in [1.807, 2.05) is 0 Å². The lowest BCUT2D eigenvalue weighted by atomic mass is 10.0. The molecule has 2 rings (SSSR count). The second kappa shape index (κ2) is 15.0. The number of aromatic nitrogens is 2. The maximum absolute atomic E-state index is 13.7. The number of nitrogen functional groups attached to an aromatic ring is 2. The number of hydrogen-bond acceptors (Lipinski definition) is 15. The molecule has 0 aliphatic heterocycles. The van der Waals surface area contributed by atoms with Crippen molar-refractivity contribution in [2.24, 2.45) is 16.8 Å². The number of carbonyl (C=O) groups excluding carboxylic acids is 2. The molecule has 1 aromatic rings. The fraction of sp³-hybridized carbons (Fsp3) is 0.708. The Morgan fingerprint density at radius 3 is 2.14 bits per heavy atom. The fourth-order valence-corrected chi connectivity index (χ4v) is 6.04. The van der Waals surface area contributed by atoms with E-state index in [9.17, 15) is 24.4 Å². The standard InChI is InChI=1S/C24H42N7O10P/c1-8-39-21(33)13(4)30-42(36,31-14(5)22(34)40-9-2)41-11-16(37-6)18(32)24(35)12(3)15(24)10-27-17-19(25)28-23(26)29-20(17)38-7/h10,12-16,18,32,35H,8-9,11H2,1-7H3,(H2,30,31,36)(H4,25,26,28,29)/b27-10-/t12?,13-,14?,15?,16?,18?,24?,42?/m0/s1. The summed E-state index contributed by atoms with van der Waals surface area (Å²) in [6.07, 6.45) is -1.37. The number of hydrogen-bond donors (Lipinski definition) is 6. The minimum atomic E-state index is -4.18. The van der Waals surface area contributed by atoms with Gasteiger partial charge in [-0.25, -0.2) is 10.2 Å². The van der Waals surface area contributed by atoms with Crippen LogP contribution in [-0.2, 0) is 32.9 Å². The Hall–Kier alpha value is -2.92. The van der Waals surface area contributed by atoms with Crippen LogP contribution in [0.1, 0.15) is 34.6 Å². The van der Waals surface area contributed by atoms with Crippen LogP contribution < -0.4 is 26.4 Å². The van der Waals surface area contributed by atoms with Crippen molar-refractivity contribution in [3.8, 4) is 5.88 Å². The number of esters is 2. The van der Waals surface area contributed by atoms with Gasteiger partial charge in [-0.05, 0) is 33.6 Å². The summed E-state index contributed by atoms with van der Waals surface area (Å²) in [5.41, 5.74) is 9.85. The number of rotatable bonds is 17. The van der Waals surface area contributed by atoms with E-state index in [0.717, 1.165) is 0 Å². The molecule has 17 nitrogen and oxygen atoms in total. The highest BCUT2D eigenvalue weighted by molar-refractivity contribution is 7.54. The molecule has 18 heteroatoms. The first-order valence-electron chi connectivity index (χ1n) is 13.3. The molecule has 1 aliphatic rings. The van der Waals surface area contributed by atoms with E-state index in [2.05, 4.69) is 25.1 Å². The highest BCUT2D eigenvalue weighted by Crippen LogP contribution is 2.53. The van der Waals surface area contributed by atoms with E-state index in [1.165, 1.54) is 34.3 Å². The zero-order valence-electron chi connectivity index (χ0n) is 24.8.